The van der Waals surface area contributed by atoms with Gasteiger partial charge in [0.2, 0.25) is 0 Å². The fraction of sp³-hybridized carbons (Fsp3) is 0.190. The van der Waals surface area contributed by atoms with Crippen molar-refractivity contribution in [2.75, 3.05) is 0 Å². The summed E-state index contributed by atoms with van der Waals surface area (Å²) in [4.78, 5) is 12.9. The van der Waals surface area contributed by atoms with Gasteiger partial charge in [0.15, 0.2) is 5.78 Å². The van der Waals surface area contributed by atoms with Crippen molar-refractivity contribution in [1.29, 1.82) is 0 Å². The third-order valence-electron chi connectivity index (χ3n) is 4.01. The molecule has 0 saturated carbocycles. The summed E-state index contributed by atoms with van der Waals surface area (Å²) in [6.45, 7) is 10.9. The van der Waals surface area contributed by atoms with Crippen LogP contribution in [0.1, 0.15) is 38.2 Å². The zero-order valence-electron chi connectivity index (χ0n) is 14.1. The Morgan fingerprint density at radius 1 is 0.875 bits per heavy atom. The van der Waals surface area contributed by atoms with Crippen LogP contribution in [0.5, 0.6) is 11.5 Å². The van der Waals surface area contributed by atoms with Gasteiger partial charge in [-0.05, 0) is 73.2 Å². The standard InChI is InChI=1S/C21H22O3/c1-5-7-15-11-17(9-13(3)19(15)22)21(24)18-10-14(4)20(23)16(12-18)8-6-2/h5-6,9-12,22-23H,1-2,7-8H2,3-4H3. The first-order chi connectivity index (χ1) is 11.4. The van der Waals surface area contributed by atoms with Crippen LogP contribution in [0.4, 0.5) is 0 Å². The van der Waals surface area contributed by atoms with Crippen LogP contribution in [-0.4, -0.2) is 16.0 Å². The Bertz CT molecular complexity index is 749. The van der Waals surface area contributed by atoms with E-state index in [0.717, 1.165) is 0 Å². The highest BCUT2D eigenvalue weighted by Crippen LogP contribution is 2.29. The lowest BCUT2D eigenvalue weighted by Gasteiger charge is -2.12. The fourth-order valence-electron chi connectivity index (χ4n) is 2.76. The number of phenolic OH excluding ortho intramolecular Hbond substituents is 2. The van der Waals surface area contributed by atoms with Gasteiger partial charge >= 0.3 is 0 Å². The Hall–Kier alpha value is -2.81. The number of hydrogen-bond donors (Lipinski definition) is 2. The van der Waals surface area contributed by atoms with Gasteiger partial charge in [-0.1, -0.05) is 12.2 Å². The lowest BCUT2D eigenvalue weighted by Crippen LogP contribution is -2.05. The number of rotatable bonds is 6. The first kappa shape index (κ1) is 17.5. The van der Waals surface area contributed by atoms with Gasteiger partial charge in [-0.25, -0.2) is 0 Å². The molecule has 0 aliphatic heterocycles. The Balaban J connectivity index is 2.53. The number of aromatic hydroxyl groups is 2. The molecule has 2 aromatic rings. The smallest absolute Gasteiger partial charge is 0.193 e. The highest BCUT2D eigenvalue weighted by atomic mass is 16.3. The van der Waals surface area contributed by atoms with E-state index < -0.39 is 0 Å². The quantitative estimate of drug-likeness (QED) is 0.612. The number of aryl methyl sites for hydroxylation is 2. The minimum absolute atomic E-state index is 0.142. The van der Waals surface area contributed by atoms with Crippen molar-refractivity contribution < 1.29 is 15.0 Å². The van der Waals surface area contributed by atoms with E-state index >= 15 is 0 Å². The summed E-state index contributed by atoms with van der Waals surface area (Å²) < 4.78 is 0. The molecule has 2 N–H and O–H groups in total. The third kappa shape index (κ3) is 3.40. The number of carbonyl (C=O) groups is 1. The Kier molecular flexibility index (Phi) is 5.24. The van der Waals surface area contributed by atoms with Crippen molar-refractivity contribution in [3.63, 3.8) is 0 Å². The highest BCUT2D eigenvalue weighted by Gasteiger charge is 2.16. The van der Waals surface area contributed by atoms with Crippen LogP contribution in [0.2, 0.25) is 0 Å². The third-order valence-corrected chi connectivity index (χ3v) is 4.01. The molecule has 0 heterocycles. The SMILES string of the molecule is C=CCc1cc(C(=O)c2cc(C)c(O)c(CC=C)c2)cc(C)c1O. The summed E-state index contributed by atoms with van der Waals surface area (Å²) >= 11 is 0. The molecule has 0 saturated heterocycles. The fourth-order valence-corrected chi connectivity index (χ4v) is 2.76. The Morgan fingerprint density at radius 2 is 1.25 bits per heavy atom. The van der Waals surface area contributed by atoms with E-state index in [2.05, 4.69) is 13.2 Å². The van der Waals surface area contributed by atoms with Crippen LogP contribution in [0, 0.1) is 13.8 Å². The van der Waals surface area contributed by atoms with Crippen molar-refractivity contribution in [3.05, 3.63) is 83.0 Å². The summed E-state index contributed by atoms with van der Waals surface area (Å²) in [5.41, 5.74) is 3.68. The maximum Gasteiger partial charge on any atom is 0.193 e. The van der Waals surface area contributed by atoms with Crippen LogP contribution < -0.4 is 0 Å². The second kappa shape index (κ2) is 7.18. The normalized spacial score (nSPS) is 10.4. The molecule has 2 aromatic carbocycles. The molecule has 2 rings (SSSR count). The van der Waals surface area contributed by atoms with E-state index in [1.54, 1.807) is 50.3 Å². The van der Waals surface area contributed by atoms with Gasteiger partial charge in [0.1, 0.15) is 11.5 Å². The zero-order chi connectivity index (χ0) is 17.9. The van der Waals surface area contributed by atoms with Gasteiger partial charge in [-0.15, -0.1) is 13.2 Å². The van der Waals surface area contributed by atoms with Gasteiger partial charge < -0.3 is 10.2 Å². The van der Waals surface area contributed by atoms with E-state index in [9.17, 15) is 15.0 Å². The largest absolute Gasteiger partial charge is 0.507 e. The molecule has 0 unspecified atom stereocenters. The minimum Gasteiger partial charge on any atom is -0.507 e. The number of ketones is 1. The predicted molar refractivity (Wildman–Crippen MR) is 96.9 cm³/mol. The second-order valence-electron chi connectivity index (χ2n) is 5.92. The van der Waals surface area contributed by atoms with Gasteiger partial charge in [-0.2, -0.15) is 0 Å². The summed E-state index contributed by atoms with van der Waals surface area (Å²) in [6.07, 6.45) is 4.36. The molecule has 0 bridgehead atoms. The van der Waals surface area contributed by atoms with Gasteiger partial charge in [0.05, 0.1) is 0 Å². The van der Waals surface area contributed by atoms with Crippen molar-refractivity contribution in [2.45, 2.75) is 26.7 Å². The zero-order valence-corrected chi connectivity index (χ0v) is 14.1. The van der Waals surface area contributed by atoms with E-state index in [4.69, 9.17) is 0 Å². The topological polar surface area (TPSA) is 57.5 Å². The van der Waals surface area contributed by atoms with Gasteiger partial charge in [0, 0.05) is 11.1 Å². The first-order valence-corrected chi connectivity index (χ1v) is 7.80. The molecular weight excluding hydrogens is 300 g/mol. The molecule has 24 heavy (non-hydrogen) atoms. The van der Waals surface area contributed by atoms with Crippen LogP contribution in [-0.2, 0) is 12.8 Å². The molecule has 0 fully saturated rings. The lowest BCUT2D eigenvalue weighted by atomic mass is 9.94. The molecule has 0 aliphatic carbocycles. The molecule has 0 aromatic heterocycles. The summed E-state index contributed by atoms with van der Waals surface area (Å²) in [5, 5.41) is 20.2. The Labute approximate surface area is 142 Å². The number of allylic oxidation sites excluding steroid dienone is 2. The molecular formula is C21H22O3. The number of phenols is 2. The van der Waals surface area contributed by atoms with Gasteiger partial charge in [-0.3, -0.25) is 4.79 Å². The first-order valence-electron chi connectivity index (χ1n) is 7.80. The van der Waals surface area contributed by atoms with E-state index in [-0.39, 0.29) is 17.3 Å². The summed E-state index contributed by atoms with van der Waals surface area (Å²) in [6, 6.07) is 6.75. The van der Waals surface area contributed by atoms with Crippen molar-refractivity contribution in [2.24, 2.45) is 0 Å². The molecule has 0 radical (unpaired) electrons. The maximum atomic E-state index is 12.9. The van der Waals surface area contributed by atoms with E-state index in [1.807, 2.05) is 0 Å². The van der Waals surface area contributed by atoms with Gasteiger partial charge in [0.25, 0.3) is 0 Å². The van der Waals surface area contributed by atoms with Crippen LogP contribution in [0.25, 0.3) is 0 Å². The maximum absolute atomic E-state index is 12.9. The van der Waals surface area contributed by atoms with Crippen molar-refractivity contribution >= 4 is 5.78 Å². The molecule has 3 heteroatoms. The summed E-state index contributed by atoms with van der Waals surface area (Å²) in [5.74, 6) is 0.248. The molecule has 0 spiro atoms. The summed E-state index contributed by atoms with van der Waals surface area (Å²) in [7, 11) is 0. The molecule has 0 amide bonds. The number of carbonyl (C=O) groups excluding carboxylic acids is 1. The average Bonchev–Trinajstić information content (AvgIpc) is 2.55. The molecule has 0 aliphatic rings. The number of hydrogen-bond acceptors (Lipinski definition) is 3. The molecule has 3 nitrogen and oxygen atoms in total. The highest BCUT2D eigenvalue weighted by molar-refractivity contribution is 6.09. The van der Waals surface area contributed by atoms with E-state index in [0.29, 0.717) is 46.2 Å². The molecule has 0 atom stereocenters. The Morgan fingerprint density at radius 3 is 1.58 bits per heavy atom. The predicted octanol–water partition coefficient (Wildman–Crippen LogP) is 4.40. The van der Waals surface area contributed by atoms with Crippen LogP contribution >= 0.6 is 0 Å². The molecule has 124 valence electrons. The van der Waals surface area contributed by atoms with Crippen molar-refractivity contribution in [1.82, 2.24) is 0 Å². The number of benzene rings is 2. The second-order valence-corrected chi connectivity index (χ2v) is 5.92. The average molecular weight is 322 g/mol. The lowest BCUT2D eigenvalue weighted by molar-refractivity contribution is 0.103. The van der Waals surface area contributed by atoms with Crippen molar-refractivity contribution in [3.8, 4) is 11.5 Å². The van der Waals surface area contributed by atoms with Crippen LogP contribution in [0.3, 0.4) is 0 Å². The minimum atomic E-state index is -0.142. The van der Waals surface area contributed by atoms with E-state index in [1.165, 1.54) is 0 Å². The monoisotopic (exact) mass is 322 g/mol. The van der Waals surface area contributed by atoms with Crippen LogP contribution in [0.15, 0.2) is 49.6 Å².